The molecule has 4 atom stereocenters. The second kappa shape index (κ2) is 18.6. The number of ether oxygens (including phenoxy) is 1. The molecular formula is C33H53BrN2O10S. The molecule has 2 saturated heterocycles. The molecule has 2 heterocycles. The number of rotatable bonds is 9. The first-order valence-corrected chi connectivity index (χ1v) is 17.0. The van der Waals surface area contributed by atoms with Gasteiger partial charge in [0.25, 0.3) is 0 Å². The molecule has 14 heteroatoms. The number of halogens is 1. The number of fused-ring (bicyclic) bond motifs is 2. The van der Waals surface area contributed by atoms with Gasteiger partial charge in [-0.15, -0.1) is 0 Å². The van der Waals surface area contributed by atoms with Crippen molar-refractivity contribution >= 4 is 16.4 Å². The minimum absolute atomic E-state index is 0. The van der Waals surface area contributed by atoms with Gasteiger partial charge in [0.1, 0.15) is 17.8 Å². The minimum atomic E-state index is -4.67. The molecule has 0 saturated carbocycles. The average Bonchev–Trinajstić information content (AvgIpc) is 3.12. The van der Waals surface area contributed by atoms with E-state index < -0.39 is 22.4 Å². The van der Waals surface area contributed by atoms with E-state index in [2.05, 4.69) is 26.2 Å². The number of aliphatic hydroxyl groups is 3. The Labute approximate surface area is 289 Å². The van der Waals surface area contributed by atoms with Gasteiger partial charge in [-0.05, 0) is 57.9 Å². The molecule has 0 radical (unpaired) electrons. The van der Waals surface area contributed by atoms with Gasteiger partial charge < -0.3 is 51.9 Å². The van der Waals surface area contributed by atoms with Crippen LogP contribution in [0.5, 0.6) is 5.75 Å². The number of aliphatic hydroxyl groups excluding tert-OH is 3. The second-order valence-corrected chi connectivity index (χ2v) is 14.4. The Balaban J connectivity index is 0.000000421. The molecule has 0 aromatic heterocycles. The van der Waals surface area contributed by atoms with Crippen molar-refractivity contribution in [3.63, 3.8) is 0 Å². The van der Waals surface area contributed by atoms with Crippen LogP contribution in [0.3, 0.4) is 0 Å². The van der Waals surface area contributed by atoms with Crippen molar-refractivity contribution in [2.24, 2.45) is 0 Å². The average molecular weight is 750 g/mol. The Morgan fingerprint density at radius 3 is 1.98 bits per heavy atom. The molecule has 2 aromatic carbocycles. The zero-order valence-electron chi connectivity index (χ0n) is 28.1. The van der Waals surface area contributed by atoms with Gasteiger partial charge in [0.2, 0.25) is 0 Å². The fourth-order valence-electron chi connectivity index (χ4n) is 6.28. The lowest BCUT2D eigenvalue weighted by atomic mass is 9.94. The van der Waals surface area contributed by atoms with E-state index in [1.807, 2.05) is 51.1 Å². The first kappa shape index (κ1) is 42.9. The van der Waals surface area contributed by atoms with Gasteiger partial charge in [0, 0.05) is 43.3 Å². The summed E-state index contributed by atoms with van der Waals surface area (Å²) in [5.74, 6) is -0.808. The SMILES string of the molecule is CC(C)(C)NCC(O)c1ccc(O)c(CO)c1.CC(C)[N+]1(C)C2CCC1CC(OC(=O)C(CO)c1ccccc1)C2.O=S(=O)(O)O.[Br-]. The highest BCUT2D eigenvalue weighted by atomic mass is 79.9. The third-order valence-corrected chi connectivity index (χ3v) is 9.03. The molecule has 2 fully saturated rings. The van der Waals surface area contributed by atoms with E-state index in [1.54, 1.807) is 12.1 Å². The molecule has 47 heavy (non-hydrogen) atoms. The highest BCUT2D eigenvalue weighted by Crippen LogP contribution is 2.44. The largest absolute Gasteiger partial charge is 1.00 e. The van der Waals surface area contributed by atoms with Crippen LogP contribution in [0.4, 0.5) is 0 Å². The third-order valence-electron chi connectivity index (χ3n) is 9.03. The zero-order valence-corrected chi connectivity index (χ0v) is 30.5. The van der Waals surface area contributed by atoms with Crippen molar-refractivity contribution in [3.05, 3.63) is 65.2 Å². The van der Waals surface area contributed by atoms with E-state index in [-0.39, 0.29) is 53.6 Å². The van der Waals surface area contributed by atoms with Crippen LogP contribution in [0.15, 0.2) is 48.5 Å². The number of esters is 1. The van der Waals surface area contributed by atoms with Crippen molar-refractivity contribution < 1.29 is 68.9 Å². The molecule has 2 aliphatic rings. The van der Waals surface area contributed by atoms with Crippen LogP contribution in [0.1, 0.15) is 89.0 Å². The number of aromatic hydroxyl groups is 1. The molecule has 7 N–H and O–H groups in total. The maximum absolute atomic E-state index is 12.6. The molecule has 0 amide bonds. The topological polar surface area (TPSA) is 194 Å². The van der Waals surface area contributed by atoms with Crippen LogP contribution < -0.4 is 22.3 Å². The summed E-state index contributed by atoms with van der Waals surface area (Å²) < 4.78 is 38.5. The van der Waals surface area contributed by atoms with E-state index >= 15 is 0 Å². The van der Waals surface area contributed by atoms with E-state index in [0.29, 0.717) is 35.8 Å². The van der Waals surface area contributed by atoms with E-state index in [0.717, 1.165) is 22.9 Å². The highest BCUT2D eigenvalue weighted by molar-refractivity contribution is 7.79. The maximum Gasteiger partial charge on any atom is 0.394 e. The van der Waals surface area contributed by atoms with Crippen LogP contribution in [-0.2, 0) is 26.5 Å². The van der Waals surface area contributed by atoms with Gasteiger partial charge in [-0.25, -0.2) is 0 Å². The molecule has 12 nitrogen and oxygen atoms in total. The monoisotopic (exact) mass is 748 g/mol. The van der Waals surface area contributed by atoms with Gasteiger partial charge in [-0.1, -0.05) is 36.4 Å². The van der Waals surface area contributed by atoms with Crippen molar-refractivity contribution in [2.45, 2.75) is 109 Å². The predicted octanol–water partition coefficient (Wildman–Crippen LogP) is 0.511. The normalized spacial score (nSPS) is 23.3. The lowest BCUT2D eigenvalue weighted by molar-refractivity contribution is -0.968. The Morgan fingerprint density at radius 1 is 1.00 bits per heavy atom. The van der Waals surface area contributed by atoms with Crippen LogP contribution in [0, 0.1) is 0 Å². The van der Waals surface area contributed by atoms with Crippen molar-refractivity contribution in [3.8, 4) is 5.75 Å². The molecule has 0 spiro atoms. The van der Waals surface area contributed by atoms with Crippen LogP contribution in [0.2, 0.25) is 0 Å². The number of benzene rings is 2. The summed E-state index contributed by atoms with van der Waals surface area (Å²) >= 11 is 0. The first-order chi connectivity index (χ1) is 21.3. The summed E-state index contributed by atoms with van der Waals surface area (Å²) in [4.78, 5) is 12.6. The summed E-state index contributed by atoms with van der Waals surface area (Å²) in [7, 11) is -2.30. The lowest BCUT2D eigenvalue weighted by Gasteiger charge is -2.49. The van der Waals surface area contributed by atoms with Crippen molar-refractivity contribution in [1.29, 1.82) is 0 Å². The Hall–Kier alpha value is -2.14. The lowest BCUT2D eigenvalue weighted by Crippen LogP contribution is -3.00. The summed E-state index contributed by atoms with van der Waals surface area (Å²) in [6.07, 6.45) is 3.71. The molecule has 2 bridgehead atoms. The molecule has 2 aromatic rings. The number of β-amino-alcohol motifs (C(OH)–C–C–N with tert-alkyl or cyclic N) is 1. The Morgan fingerprint density at radius 2 is 1.53 bits per heavy atom. The Kier molecular flexibility index (Phi) is 16.9. The van der Waals surface area contributed by atoms with Gasteiger partial charge in [0.15, 0.2) is 0 Å². The predicted molar refractivity (Wildman–Crippen MR) is 174 cm³/mol. The van der Waals surface area contributed by atoms with Crippen molar-refractivity contribution in [2.75, 3.05) is 20.2 Å². The molecule has 2 aliphatic heterocycles. The zero-order chi connectivity index (χ0) is 34.9. The first-order valence-electron chi connectivity index (χ1n) is 15.6. The highest BCUT2D eigenvalue weighted by Gasteiger charge is 2.53. The van der Waals surface area contributed by atoms with Crippen molar-refractivity contribution in [1.82, 2.24) is 5.32 Å². The molecule has 268 valence electrons. The number of piperidine rings is 1. The van der Waals surface area contributed by atoms with Gasteiger partial charge in [0.05, 0.1) is 44.5 Å². The van der Waals surface area contributed by atoms with Gasteiger partial charge in [-0.3, -0.25) is 13.9 Å². The number of phenols is 1. The quantitative estimate of drug-likeness (QED) is 0.107. The maximum atomic E-state index is 12.6. The van der Waals surface area contributed by atoms with Crippen LogP contribution in [0.25, 0.3) is 0 Å². The van der Waals surface area contributed by atoms with E-state index in [1.165, 1.54) is 18.9 Å². The summed E-state index contributed by atoms with van der Waals surface area (Å²) in [6.45, 7) is 10.7. The van der Waals surface area contributed by atoms with E-state index in [4.69, 9.17) is 27.4 Å². The second-order valence-electron chi connectivity index (χ2n) is 13.5. The number of carbonyl (C=O) groups excluding carboxylic acids is 1. The van der Waals surface area contributed by atoms with E-state index in [9.17, 15) is 20.1 Å². The summed E-state index contributed by atoms with van der Waals surface area (Å²) in [6, 6.07) is 16.0. The van der Waals surface area contributed by atoms with Gasteiger partial charge in [-0.2, -0.15) is 8.42 Å². The molecule has 0 aliphatic carbocycles. The van der Waals surface area contributed by atoms with Crippen LogP contribution in [-0.4, -0.2) is 98.4 Å². The number of hydrogen-bond donors (Lipinski definition) is 7. The number of quaternary nitrogens is 1. The summed E-state index contributed by atoms with van der Waals surface area (Å²) in [5, 5.41) is 41.3. The molecule has 4 rings (SSSR count). The fourth-order valence-corrected chi connectivity index (χ4v) is 6.28. The van der Waals surface area contributed by atoms with Crippen LogP contribution >= 0.6 is 0 Å². The number of hydrogen-bond acceptors (Lipinski definition) is 9. The van der Waals surface area contributed by atoms with Gasteiger partial charge >= 0.3 is 16.4 Å². The number of carbonyl (C=O) groups is 1. The fraction of sp³-hybridized carbons (Fsp3) is 0.606. The smallest absolute Gasteiger partial charge is 0.394 e. The molecule has 4 unspecified atom stereocenters. The number of nitrogens with zero attached hydrogens (tertiary/aromatic N) is 1. The third kappa shape index (κ3) is 13.4. The summed E-state index contributed by atoms with van der Waals surface area (Å²) in [5.41, 5.74) is 1.88. The number of nitrogens with one attached hydrogen (secondary N) is 1. The molecular weight excluding hydrogens is 696 g/mol. The standard InChI is InChI=1S/C20H30NO3.C13H21NO3.BrH.H2O4S/c1-14(2)21(3)16-9-10-17(21)12-18(11-16)24-20(23)19(13-22)15-7-5-4-6-8-15;1-13(2,3)14-7-12(17)9-4-5-11(16)10(6-9)8-15;;1-5(2,3)4/h4-8,14,16-19,22H,9-13H2,1-3H3;4-6,12,14-17H,7-8H2,1-3H3;1H;(H2,1,2,3,4)/q+1;;;/p-1. The minimum Gasteiger partial charge on any atom is -1.00 e. The Bertz CT molecular complexity index is 1330.